The molecule has 0 aromatic carbocycles. The predicted octanol–water partition coefficient (Wildman–Crippen LogP) is 0.561. The van der Waals surface area contributed by atoms with E-state index in [1.54, 1.807) is 7.05 Å². The Bertz CT molecular complexity index is 769. The van der Waals surface area contributed by atoms with E-state index in [-0.39, 0.29) is 11.2 Å². The predicted molar refractivity (Wildman–Crippen MR) is 77.0 cm³/mol. The monoisotopic (exact) mass is 277 g/mol. The Kier molecular flexibility index (Phi) is 2.92. The van der Waals surface area contributed by atoms with Crippen LogP contribution >= 0.6 is 0 Å². The first-order valence-corrected chi connectivity index (χ1v) is 6.89. The lowest BCUT2D eigenvalue weighted by molar-refractivity contribution is 0.602. The van der Waals surface area contributed by atoms with Crippen LogP contribution in [0, 0.1) is 5.92 Å². The van der Waals surface area contributed by atoms with Gasteiger partial charge in [-0.2, -0.15) is 4.98 Å². The molecule has 1 saturated carbocycles. The molecular weight excluding hydrogens is 258 g/mol. The average molecular weight is 277 g/mol. The molecule has 0 radical (unpaired) electrons. The number of imidazole rings is 1. The summed E-state index contributed by atoms with van der Waals surface area (Å²) in [5.41, 5.74) is 0.0493. The van der Waals surface area contributed by atoms with Gasteiger partial charge in [-0.05, 0) is 25.2 Å². The number of nitrogens with zero attached hydrogens (tertiary/aromatic N) is 3. The first-order valence-electron chi connectivity index (χ1n) is 6.89. The highest BCUT2D eigenvalue weighted by molar-refractivity contribution is 5.72. The Hall–Kier alpha value is -2.05. The van der Waals surface area contributed by atoms with Gasteiger partial charge in [0.15, 0.2) is 11.2 Å². The molecule has 0 saturated heterocycles. The average Bonchev–Trinajstić information content (AvgIpc) is 3.01. The van der Waals surface area contributed by atoms with Crippen molar-refractivity contribution >= 4 is 17.1 Å². The molecule has 1 fully saturated rings. The third kappa shape index (κ3) is 1.93. The number of hydrogen-bond donors (Lipinski definition) is 2. The highest BCUT2D eigenvalue weighted by Gasteiger charge is 2.22. The second-order valence-corrected chi connectivity index (χ2v) is 5.75. The SMILES string of the molecule is CC1CCC(Nc2nc3c([nH]2)c(=O)n(C)c(=O)n3C)C1. The third-order valence-corrected chi connectivity index (χ3v) is 4.13. The van der Waals surface area contributed by atoms with Crippen LogP contribution in [0.5, 0.6) is 0 Å². The van der Waals surface area contributed by atoms with Crippen LogP contribution in [0.15, 0.2) is 9.59 Å². The summed E-state index contributed by atoms with van der Waals surface area (Å²) >= 11 is 0. The molecule has 0 bridgehead atoms. The van der Waals surface area contributed by atoms with Gasteiger partial charge in [0.2, 0.25) is 5.95 Å². The molecule has 108 valence electrons. The number of aromatic nitrogens is 4. The molecule has 2 heterocycles. The van der Waals surface area contributed by atoms with Crippen LogP contribution in [0.25, 0.3) is 11.2 Å². The zero-order chi connectivity index (χ0) is 14.4. The van der Waals surface area contributed by atoms with E-state index >= 15 is 0 Å². The molecule has 3 rings (SSSR count). The van der Waals surface area contributed by atoms with Gasteiger partial charge < -0.3 is 10.3 Å². The molecule has 1 aliphatic carbocycles. The van der Waals surface area contributed by atoms with Crippen molar-refractivity contribution in [1.82, 2.24) is 19.1 Å². The van der Waals surface area contributed by atoms with Gasteiger partial charge in [0.1, 0.15) is 0 Å². The summed E-state index contributed by atoms with van der Waals surface area (Å²) in [6, 6.07) is 0.381. The Labute approximate surface area is 115 Å². The number of aryl methyl sites for hydroxylation is 1. The summed E-state index contributed by atoms with van der Waals surface area (Å²) < 4.78 is 2.47. The highest BCUT2D eigenvalue weighted by atomic mass is 16.2. The second kappa shape index (κ2) is 4.50. The topological polar surface area (TPSA) is 84.7 Å². The number of hydrogen-bond acceptors (Lipinski definition) is 4. The van der Waals surface area contributed by atoms with Gasteiger partial charge >= 0.3 is 5.69 Å². The van der Waals surface area contributed by atoms with Crippen molar-refractivity contribution < 1.29 is 0 Å². The Morgan fingerprint density at radius 3 is 2.65 bits per heavy atom. The molecular formula is C13H19N5O2. The van der Waals surface area contributed by atoms with Crippen LogP contribution in [-0.2, 0) is 14.1 Å². The number of anilines is 1. The normalized spacial score (nSPS) is 22.6. The van der Waals surface area contributed by atoms with E-state index in [4.69, 9.17) is 0 Å². The molecule has 0 spiro atoms. The zero-order valence-corrected chi connectivity index (χ0v) is 11.9. The van der Waals surface area contributed by atoms with Crippen molar-refractivity contribution in [2.75, 3.05) is 5.32 Å². The molecule has 2 aromatic rings. The van der Waals surface area contributed by atoms with Crippen LogP contribution < -0.4 is 16.6 Å². The van der Waals surface area contributed by atoms with Crippen molar-refractivity contribution in [2.45, 2.75) is 32.2 Å². The maximum atomic E-state index is 12.1. The molecule has 2 aromatic heterocycles. The van der Waals surface area contributed by atoms with E-state index in [0.717, 1.165) is 17.4 Å². The third-order valence-electron chi connectivity index (χ3n) is 4.13. The van der Waals surface area contributed by atoms with E-state index < -0.39 is 0 Å². The van der Waals surface area contributed by atoms with Crippen LogP contribution in [0.3, 0.4) is 0 Å². The number of aromatic amines is 1. The minimum Gasteiger partial charge on any atom is -0.353 e. The lowest BCUT2D eigenvalue weighted by Crippen LogP contribution is -2.36. The van der Waals surface area contributed by atoms with E-state index in [0.29, 0.717) is 29.1 Å². The summed E-state index contributed by atoms with van der Waals surface area (Å²) in [6.45, 7) is 2.24. The molecule has 7 heteroatoms. The Balaban J connectivity index is 2.03. The fourth-order valence-electron chi connectivity index (χ4n) is 2.93. The fraction of sp³-hybridized carbons (Fsp3) is 0.615. The summed E-state index contributed by atoms with van der Waals surface area (Å²) in [7, 11) is 3.09. The highest BCUT2D eigenvalue weighted by Crippen LogP contribution is 2.26. The van der Waals surface area contributed by atoms with E-state index in [9.17, 15) is 9.59 Å². The number of fused-ring (bicyclic) bond motifs is 1. The fourth-order valence-corrected chi connectivity index (χ4v) is 2.93. The second-order valence-electron chi connectivity index (χ2n) is 5.75. The Morgan fingerprint density at radius 1 is 1.25 bits per heavy atom. The van der Waals surface area contributed by atoms with Gasteiger partial charge in [-0.1, -0.05) is 6.92 Å². The molecule has 2 unspecified atom stereocenters. The van der Waals surface area contributed by atoms with Crippen molar-refractivity contribution in [3.63, 3.8) is 0 Å². The lowest BCUT2D eigenvalue weighted by Gasteiger charge is -2.10. The van der Waals surface area contributed by atoms with Gasteiger partial charge in [-0.25, -0.2) is 4.79 Å². The van der Waals surface area contributed by atoms with Gasteiger partial charge in [0.05, 0.1) is 0 Å². The maximum Gasteiger partial charge on any atom is 0.332 e. The van der Waals surface area contributed by atoms with Crippen LogP contribution in [0.2, 0.25) is 0 Å². The van der Waals surface area contributed by atoms with Crippen LogP contribution in [0.1, 0.15) is 26.2 Å². The molecule has 0 aliphatic heterocycles. The number of H-pyrrole nitrogens is 1. The minimum atomic E-state index is -0.366. The standard InChI is InChI=1S/C13H19N5O2/c1-7-4-5-8(6-7)14-12-15-9-10(16-12)17(2)13(20)18(3)11(9)19/h7-8H,4-6H2,1-3H3,(H2,14,15,16). The summed E-state index contributed by atoms with van der Waals surface area (Å²) in [6.07, 6.45) is 3.42. The Morgan fingerprint density at radius 2 is 2.00 bits per heavy atom. The minimum absolute atomic E-state index is 0.344. The van der Waals surface area contributed by atoms with Crippen molar-refractivity contribution in [2.24, 2.45) is 20.0 Å². The van der Waals surface area contributed by atoms with E-state index in [2.05, 4.69) is 22.2 Å². The number of rotatable bonds is 2. The van der Waals surface area contributed by atoms with Crippen molar-refractivity contribution in [1.29, 1.82) is 0 Å². The molecule has 20 heavy (non-hydrogen) atoms. The van der Waals surface area contributed by atoms with Crippen LogP contribution in [0.4, 0.5) is 5.95 Å². The summed E-state index contributed by atoms with van der Waals surface area (Å²) in [4.78, 5) is 31.3. The molecule has 0 amide bonds. The summed E-state index contributed by atoms with van der Waals surface area (Å²) in [5.74, 6) is 1.28. The molecule has 2 atom stereocenters. The maximum absolute atomic E-state index is 12.1. The van der Waals surface area contributed by atoms with Crippen molar-refractivity contribution in [3.8, 4) is 0 Å². The molecule has 7 nitrogen and oxygen atoms in total. The van der Waals surface area contributed by atoms with Gasteiger partial charge in [-0.15, -0.1) is 0 Å². The molecule has 2 N–H and O–H groups in total. The molecule has 1 aliphatic rings. The smallest absolute Gasteiger partial charge is 0.332 e. The number of nitrogens with one attached hydrogen (secondary N) is 2. The quantitative estimate of drug-likeness (QED) is 0.840. The zero-order valence-electron chi connectivity index (χ0n) is 11.9. The van der Waals surface area contributed by atoms with Gasteiger partial charge in [0, 0.05) is 20.1 Å². The largest absolute Gasteiger partial charge is 0.353 e. The van der Waals surface area contributed by atoms with Gasteiger partial charge in [-0.3, -0.25) is 13.9 Å². The lowest BCUT2D eigenvalue weighted by atomic mass is 10.1. The first-order chi connectivity index (χ1) is 9.47. The van der Waals surface area contributed by atoms with Crippen LogP contribution in [-0.4, -0.2) is 25.1 Å². The van der Waals surface area contributed by atoms with E-state index in [1.807, 2.05) is 0 Å². The van der Waals surface area contributed by atoms with E-state index in [1.165, 1.54) is 18.0 Å². The first kappa shape index (κ1) is 13.0. The van der Waals surface area contributed by atoms with Gasteiger partial charge in [0.25, 0.3) is 5.56 Å². The van der Waals surface area contributed by atoms with Crippen molar-refractivity contribution in [3.05, 3.63) is 20.8 Å². The summed E-state index contributed by atoms with van der Waals surface area (Å²) in [5, 5.41) is 3.32.